The first-order chi connectivity index (χ1) is 36.5. The van der Waals surface area contributed by atoms with Crippen LogP contribution in [0.4, 0.5) is 0 Å². The smallest absolute Gasteiger partial charge is 0.306 e. The van der Waals surface area contributed by atoms with E-state index < -0.39 is 6.10 Å². The lowest BCUT2D eigenvalue weighted by Crippen LogP contribution is -2.30. The van der Waals surface area contributed by atoms with Crippen molar-refractivity contribution < 1.29 is 28.6 Å². The summed E-state index contributed by atoms with van der Waals surface area (Å²) in [5.41, 5.74) is 0. The molecule has 6 nitrogen and oxygen atoms in total. The predicted molar refractivity (Wildman–Crippen MR) is 321 cm³/mol. The first-order valence-corrected chi connectivity index (χ1v) is 33.3. The monoisotopic (exact) mass is 1040 g/mol. The minimum atomic E-state index is -0.765. The van der Waals surface area contributed by atoms with Crippen LogP contribution in [0.1, 0.15) is 374 Å². The van der Waals surface area contributed by atoms with E-state index in [0.717, 1.165) is 64.2 Å². The Morgan fingerprint density at radius 3 is 0.743 bits per heavy atom. The largest absolute Gasteiger partial charge is 0.462 e. The van der Waals surface area contributed by atoms with Crippen LogP contribution in [-0.2, 0) is 28.6 Å². The molecule has 0 radical (unpaired) electrons. The van der Waals surface area contributed by atoms with Gasteiger partial charge in [-0.3, -0.25) is 14.4 Å². The molecule has 0 aromatic heterocycles. The van der Waals surface area contributed by atoms with Crippen LogP contribution in [0.3, 0.4) is 0 Å². The Morgan fingerprint density at radius 2 is 0.486 bits per heavy atom. The Bertz CT molecular complexity index is 1190. The van der Waals surface area contributed by atoms with Crippen molar-refractivity contribution in [3.63, 3.8) is 0 Å². The number of allylic oxidation sites excluding steroid dienone is 4. The minimum absolute atomic E-state index is 0.0637. The molecule has 0 rings (SSSR count). The zero-order chi connectivity index (χ0) is 53.6. The van der Waals surface area contributed by atoms with Crippen molar-refractivity contribution in [2.24, 2.45) is 0 Å². The Kier molecular flexibility index (Phi) is 61.6. The van der Waals surface area contributed by atoms with Crippen molar-refractivity contribution in [2.45, 2.75) is 380 Å². The van der Waals surface area contributed by atoms with Crippen LogP contribution in [0.5, 0.6) is 0 Å². The third kappa shape index (κ3) is 60.8. The van der Waals surface area contributed by atoms with Crippen LogP contribution in [0, 0.1) is 0 Å². The normalized spacial score (nSPS) is 12.1. The van der Waals surface area contributed by atoms with Gasteiger partial charge in [0.1, 0.15) is 13.2 Å². The average Bonchev–Trinajstić information content (AvgIpc) is 3.40. The molecular formula is C68H128O6. The van der Waals surface area contributed by atoms with Gasteiger partial charge in [0.15, 0.2) is 6.10 Å². The van der Waals surface area contributed by atoms with Gasteiger partial charge in [0.25, 0.3) is 0 Å². The second kappa shape index (κ2) is 63.4. The van der Waals surface area contributed by atoms with Gasteiger partial charge in [-0.05, 0) is 51.4 Å². The predicted octanol–water partition coefficient (Wildman–Crippen LogP) is 22.6. The molecule has 0 spiro atoms. The lowest BCUT2D eigenvalue weighted by atomic mass is 10.0. The first kappa shape index (κ1) is 71.9. The van der Waals surface area contributed by atoms with E-state index in [1.165, 1.54) is 270 Å². The summed E-state index contributed by atoms with van der Waals surface area (Å²) in [7, 11) is 0. The number of ether oxygens (including phenoxy) is 3. The van der Waals surface area contributed by atoms with Gasteiger partial charge in [0.05, 0.1) is 0 Å². The first-order valence-electron chi connectivity index (χ1n) is 33.3. The Hall–Kier alpha value is -2.11. The summed E-state index contributed by atoms with van der Waals surface area (Å²) in [6.45, 7) is 6.69. The molecule has 0 aromatic carbocycles. The standard InChI is InChI=1S/C68H128O6/c1-4-7-10-13-16-19-22-25-27-28-29-30-31-32-33-34-35-36-37-38-39-40-42-43-46-49-52-55-58-61-67(70)73-64-65(63-72-66(69)60-57-54-51-48-45-24-21-18-15-12-9-6-3)74-68(71)62-59-56-53-50-47-44-41-26-23-20-17-14-11-8-5-2/h22,25,28-29,65H,4-21,23-24,26-27,30-64H2,1-3H3/b25-22-,29-28-. The van der Waals surface area contributed by atoms with Crippen LogP contribution in [-0.4, -0.2) is 37.2 Å². The zero-order valence-corrected chi connectivity index (χ0v) is 50.1. The highest BCUT2D eigenvalue weighted by atomic mass is 16.6. The maximum Gasteiger partial charge on any atom is 0.306 e. The maximum atomic E-state index is 12.9. The van der Waals surface area contributed by atoms with E-state index >= 15 is 0 Å². The fourth-order valence-electron chi connectivity index (χ4n) is 10.2. The number of rotatable bonds is 62. The van der Waals surface area contributed by atoms with Crippen LogP contribution in [0.2, 0.25) is 0 Å². The van der Waals surface area contributed by atoms with Crippen LogP contribution < -0.4 is 0 Å². The van der Waals surface area contributed by atoms with Crippen molar-refractivity contribution >= 4 is 17.9 Å². The van der Waals surface area contributed by atoms with E-state index in [1.807, 2.05) is 0 Å². The molecule has 6 heteroatoms. The molecule has 436 valence electrons. The van der Waals surface area contributed by atoms with E-state index in [0.29, 0.717) is 19.3 Å². The summed E-state index contributed by atoms with van der Waals surface area (Å²) in [6, 6.07) is 0. The van der Waals surface area contributed by atoms with Gasteiger partial charge in [0, 0.05) is 19.3 Å². The number of carbonyl (C=O) groups is 3. The molecule has 0 fully saturated rings. The van der Waals surface area contributed by atoms with Gasteiger partial charge in [0.2, 0.25) is 0 Å². The zero-order valence-electron chi connectivity index (χ0n) is 50.1. The second-order valence-electron chi connectivity index (χ2n) is 22.7. The fourth-order valence-corrected chi connectivity index (χ4v) is 10.2. The summed E-state index contributed by atoms with van der Waals surface area (Å²) in [4.78, 5) is 38.3. The van der Waals surface area contributed by atoms with E-state index in [9.17, 15) is 14.4 Å². The van der Waals surface area contributed by atoms with Crippen molar-refractivity contribution in [3.8, 4) is 0 Å². The van der Waals surface area contributed by atoms with Gasteiger partial charge in [-0.2, -0.15) is 0 Å². The molecule has 0 aliphatic rings. The van der Waals surface area contributed by atoms with Gasteiger partial charge in [-0.1, -0.05) is 328 Å². The molecule has 0 amide bonds. The SMILES string of the molecule is CCCCCCC/C=C\C/C=C\CCCCCCCCCCCCCCCCCCCC(=O)OCC(COC(=O)CCCCCCCCCCCCCC)OC(=O)CCCCCCCCCCCCCCCCC. The summed E-state index contributed by atoms with van der Waals surface area (Å²) in [5.74, 6) is -0.835. The fraction of sp³-hybridized carbons (Fsp3) is 0.897. The number of esters is 3. The van der Waals surface area contributed by atoms with Gasteiger partial charge >= 0.3 is 17.9 Å². The highest BCUT2D eigenvalue weighted by molar-refractivity contribution is 5.71. The molecule has 1 atom stereocenters. The molecule has 0 heterocycles. The molecule has 0 aliphatic carbocycles. The van der Waals surface area contributed by atoms with E-state index in [2.05, 4.69) is 45.1 Å². The van der Waals surface area contributed by atoms with E-state index in [1.54, 1.807) is 0 Å². The van der Waals surface area contributed by atoms with Crippen molar-refractivity contribution in [3.05, 3.63) is 24.3 Å². The molecule has 0 bridgehead atoms. The van der Waals surface area contributed by atoms with Gasteiger partial charge in [-0.25, -0.2) is 0 Å². The van der Waals surface area contributed by atoms with Crippen LogP contribution in [0.15, 0.2) is 24.3 Å². The van der Waals surface area contributed by atoms with Gasteiger partial charge < -0.3 is 14.2 Å². The highest BCUT2D eigenvalue weighted by Crippen LogP contribution is 2.18. The van der Waals surface area contributed by atoms with E-state index in [-0.39, 0.29) is 31.1 Å². The Balaban J connectivity index is 4.13. The summed E-state index contributed by atoms with van der Waals surface area (Å²) < 4.78 is 16.9. The number of carbonyl (C=O) groups excluding carboxylic acids is 3. The molecule has 1 unspecified atom stereocenters. The van der Waals surface area contributed by atoms with Crippen LogP contribution >= 0.6 is 0 Å². The van der Waals surface area contributed by atoms with Crippen LogP contribution in [0.25, 0.3) is 0 Å². The summed E-state index contributed by atoms with van der Waals surface area (Å²) in [6.07, 6.45) is 76.3. The van der Waals surface area contributed by atoms with Crippen molar-refractivity contribution in [1.82, 2.24) is 0 Å². The molecular weight excluding hydrogens is 913 g/mol. The molecule has 0 aliphatic heterocycles. The second-order valence-corrected chi connectivity index (χ2v) is 22.7. The van der Waals surface area contributed by atoms with Gasteiger partial charge in [-0.15, -0.1) is 0 Å². The Morgan fingerprint density at radius 1 is 0.270 bits per heavy atom. The maximum absolute atomic E-state index is 12.9. The highest BCUT2D eigenvalue weighted by Gasteiger charge is 2.19. The Labute approximate surface area is 462 Å². The number of unbranched alkanes of at least 4 members (excludes halogenated alkanes) is 47. The lowest BCUT2D eigenvalue weighted by Gasteiger charge is -2.18. The summed E-state index contributed by atoms with van der Waals surface area (Å²) >= 11 is 0. The third-order valence-corrected chi connectivity index (χ3v) is 15.2. The number of hydrogen-bond donors (Lipinski definition) is 0. The topological polar surface area (TPSA) is 78.9 Å². The quantitative estimate of drug-likeness (QED) is 0.0261. The number of hydrogen-bond acceptors (Lipinski definition) is 6. The lowest BCUT2D eigenvalue weighted by molar-refractivity contribution is -0.167. The van der Waals surface area contributed by atoms with E-state index in [4.69, 9.17) is 14.2 Å². The molecule has 0 saturated heterocycles. The molecule has 0 N–H and O–H groups in total. The van der Waals surface area contributed by atoms with Crippen molar-refractivity contribution in [1.29, 1.82) is 0 Å². The average molecular weight is 1040 g/mol. The molecule has 0 aromatic rings. The minimum Gasteiger partial charge on any atom is -0.462 e. The summed E-state index contributed by atoms with van der Waals surface area (Å²) in [5, 5.41) is 0. The molecule has 0 saturated carbocycles. The van der Waals surface area contributed by atoms with Crippen molar-refractivity contribution in [2.75, 3.05) is 13.2 Å². The third-order valence-electron chi connectivity index (χ3n) is 15.2. The molecule has 74 heavy (non-hydrogen) atoms.